The summed E-state index contributed by atoms with van der Waals surface area (Å²) in [6.07, 6.45) is 0. The number of anilines is 1. The van der Waals surface area contributed by atoms with Gasteiger partial charge in [-0.05, 0) is 40.2 Å². The first-order valence-corrected chi connectivity index (χ1v) is 6.63. The number of hydrogen-bond donors (Lipinski definition) is 1. The summed E-state index contributed by atoms with van der Waals surface area (Å²) in [5.74, 6) is -1.49. The molecule has 108 valence electrons. The predicted molar refractivity (Wildman–Crippen MR) is 78.0 cm³/mol. The maximum atomic E-state index is 13.0. The number of halogens is 3. The number of nitrogens with zero attached hydrogens (tertiary/aromatic N) is 2. The first-order valence-electron chi connectivity index (χ1n) is 5.46. The minimum Gasteiger partial charge on any atom is -0.301 e. The Labute approximate surface area is 131 Å². The fourth-order valence-corrected chi connectivity index (χ4v) is 2.19. The largest absolute Gasteiger partial charge is 0.311 e. The van der Waals surface area contributed by atoms with Crippen LogP contribution in [0.5, 0.6) is 0 Å². The van der Waals surface area contributed by atoms with Gasteiger partial charge in [-0.1, -0.05) is 11.6 Å². The average molecular weight is 375 g/mol. The number of benzene rings is 1. The minimum absolute atomic E-state index is 0.00549. The van der Waals surface area contributed by atoms with Gasteiger partial charge in [-0.25, -0.2) is 9.37 Å². The standard InChI is InChI=1S/C12H6BrClFN3O3/c13-8-5-6(15)1-2-7(8)12(19)17-11-9(18(20)21)3-4-10(14)16-11/h1-5H,(H,16,17,19). The van der Waals surface area contributed by atoms with Crippen LogP contribution >= 0.6 is 27.5 Å². The summed E-state index contributed by atoms with van der Waals surface area (Å²) in [6.45, 7) is 0. The quantitative estimate of drug-likeness (QED) is 0.503. The first-order chi connectivity index (χ1) is 9.88. The monoisotopic (exact) mass is 373 g/mol. The van der Waals surface area contributed by atoms with E-state index in [4.69, 9.17) is 11.6 Å². The molecular formula is C12H6BrClFN3O3. The number of carbonyl (C=O) groups is 1. The van der Waals surface area contributed by atoms with Crippen molar-refractivity contribution >= 4 is 44.9 Å². The Morgan fingerprint density at radius 2 is 2.10 bits per heavy atom. The molecule has 0 aliphatic carbocycles. The van der Waals surface area contributed by atoms with Crippen LogP contribution in [0.1, 0.15) is 10.4 Å². The summed E-state index contributed by atoms with van der Waals surface area (Å²) in [4.78, 5) is 26.0. The molecule has 1 N–H and O–H groups in total. The lowest BCUT2D eigenvalue weighted by atomic mass is 10.2. The van der Waals surface area contributed by atoms with E-state index in [1.54, 1.807) is 0 Å². The van der Waals surface area contributed by atoms with Crippen LogP contribution in [0, 0.1) is 15.9 Å². The molecule has 21 heavy (non-hydrogen) atoms. The highest BCUT2D eigenvalue weighted by atomic mass is 79.9. The van der Waals surface area contributed by atoms with Gasteiger partial charge in [0.1, 0.15) is 11.0 Å². The molecule has 0 bridgehead atoms. The molecule has 0 fully saturated rings. The zero-order chi connectivity index (χ0) is 15.6. The number of pyridine rings is 1. The highest BCUT2D eigenvalue weighted by Crippen LogP contribution is 2.25. The van der Waals surface area contributed by atoms with E-state index in [0.29, 0.717) is 0 Å². The van der Waals surface area contributed by atoms with Crippen LogP contribution in [-0.4, -0.2) is 15.8 Å². The van der Waals surface area contributed by atoms with E-state index >= 15 is 0 Å². The number of amides is 1. The van der Waals surface area contributed by atoms with Crippen molar-refractivity contribution in [2.24, 2.45) is 0 Å². The summed E-state index contributed by atoms with van der Waals surface area (Å²) < 4.78 is 13.2. The van der Waals surface area contributed by atoms with Gasteiger partial charge in [-0.15, -0.1) is 0 Å². The van der Waals surface area contributed by atoms with Gasteiger partial charge in [-0.2, -0.15) is 0 Å². The van der Waals surface area contributed by atoms with E-state index in [1.165, 1.54) is 12.1 Å². The molecule has 0 radical (unpaired) electrons. The molecule has 1 amide bonds. The third-order valence-electron chi connectivity index (χ3n) is 2.44. The van der Waals surface area contributed by atoms with Crippen LogP contribution in [0.4, 0.5) is 15.9 Å². The van der Waals surface area contributed by atoms with Gasteiger partial charge in [0.2, 0.25) is 5.82 Å². The molecule has 6 nitrogen and oxygen atoms in total. The Morgan fingerprint density at radius 3 is 2.71 bits per heavy atom. The molecule has 0 spiro atoms. The third kappa shape index (κ3) is 3.53. The minimum atomic E-state index is -0.696. The van der Waals surface area contributed by atoms with Crippen molar-refractivity contribution < 1.29 is 14.1 Å². The van der Waals surface area contributed by atoms with Crippen molar-refractivity contribution in [3.63, 3.8) is 0 Å². The topological polar surface area (TPSA) is 85.1 Å². The van der Waals surface area contributed by atoms with Crippen molar-refractivity contribution in [1.29, 1.82) is 0 Å². The second-order valence-corrected chi connectivity index (χ2v) is 5.08. The summed E-state index contributed by atoms with van der Waals surface area (Å²) in [7, 11) is 0. The van der Waals surface area contributed by atoms with Crippen LogP contribution < -0.4 is 5.32 Å². The lowest BCUT2D eigenvalue weighted by Gasteiger charge is -2.07. The van der Waals surface area contributed by atoms with Crippen molar-refractivity contribution in [2.45, 2.75) is 0 Å². The van der Waals surface area contributed by atoms with Gasteiger partial charge >= 0.3 is 5.69 Å². The number of aromatic nitrogens is 1. The van der Waals surface area contributed by atoms with Gasteiger partial charge in [0, 0.05) is 10.5 Å². The molecule has 2 aromatic rings. The molecule has 0 saturated carbocycles. The molecule has 1 heterocycles. The Bertz CT molecular complexity index is 742. The predicted octanol–water partition coefficient (Wildman–Crippen LogP) is 3.80. The first kappa shape index (κ1) is 15.3. The molecule has 0 atom stereocenters. The van der Waals surface area contributed by atoms with Gasteiger partial charge in [0.25, 0.3) is 5.91 Å². The van der Waals surface area contributed by atoms with Crippen LogP contribution in [0.3, 0.4) is 0 Å². The summed E-state index contributed by atoms with van der Waals surface area (Å²) in [5.41, 5.74) is -0.293. The maximum absolute atomic E-state index is 13.0. The normalized spacial score (nSPS) is 10.2. The van der Waals surface area contributed by atoms with E-state index in [1.807, 2.05) is 0 Å². The summed E-state index contributed by atoms with van der Waals surface area (Å²) >= 11 is 8.70. The fraction of sp³-hybridized carbons (Fsp3) is 0. The van der Waals surface area contributed by atoms with E-state index < -0.39 is 22.3 Å². The van der Waals surface area contributed by atoms with E-state index in [0.717, 1.165) is 18.2 Å². The van der Waals surface area contributed by atoms with Crippen molar-refractivity contribution in [3.05, 3.63) is 61.5 Å². The molecule has 0 unspecified atom stereocenters. The summed E-state index contributed by atoms with van der Waals surface area (Å²) in [6, 6.07) is 5.81. The highest BCUT2D eigenvalue weighted by molar-refractivity contribution is 9.10. The smallest absolute Gasteiger partial charge is 0.301 e. The molecule has 1 aromatic heterocycles. The number of carbonyl (C=O) groups excluding carboxylic acids is 1. The zero-order valence-electron chi connectivity index (χ0n) is 10.1. The van der Waals surface area contributed by atoms with Crippen LogP contribution in [0.25, 0.3) is 0 Å². The molecule has 1 aromatic carbocycles. The fourth-order valence-electron chi connectivity index (χ4n) is 1.52. The lowest BCUT2D eigenvalue weighted by Crippen LogP contribution is -2.15. The summed E-state index contributed by atoms with van der Waals surface area (Å²) in [5, 5.41) is 13.2. The molecule has 2 rings (SSSR count). The van der Waals surface area contributed by atoms with Gasteiger partial charge < -0.3 is 5.32 Å². The van der Waals surface area contributed by atoms with E-state index in [-0.39, 0.29) is 21.0 Å². The van der Waals surface area contributed by atoms with E-state index in [9.17, 15) is 19.3 Å². The molecule has 0 saturated heterocycles. The van der Waals surface area contributed by atoms with Crippen molar-refractivity contribution in [2.75, 3.05) is 5.32 Å². The number of nitro groups is 1. The number of rotatable bonds is 3. The molecule has 9 heteroatoms. The highest BCUT2D eigenvalue weighted by Gasteiger charge is 2.20. The lowest BCUT2D eigenvalue weighted by molar-refractivity contribution is -0.384. The molecule has 0 aliphatic heterocycles. The Kier molecular flexibility index (Phi) is 4.49. The number of hydrogen-bond acceptors (Lipinski definition) is 4. The second kappa shape index (κ2) is 6.15. The van der Waals surface area contributed by atoms with Crippen LogP contribution in [0.2, 0.25) is 5.15 Å². The molecular weight excluding hydrogens is 369 g/mol. The Morgan fingerprint density at radius 1 is 1.38 bits per heavy atom. The maximum Gasteiger partial charge on any atom is 0.311 e. The second-order valence-electron chi connectivity index (χ2n) is 3.84. The number of nitrogens with one attached hydrogen (secondary N) is 1. The third-order valence-corrected chi connectivity index (χ3v) is 3.31. The molecule has 0 aliphatic rings. The van der Waals surface area contributed by atoms with Crippen molar-refractivity contribution in [3.8, 4) is 0 Å². The van der Waals surface area contributed by atoms with Crippen LogP contribution in [0.15, 0.2) is 34.8 Å². The van der Waals surface area contributed by atoms with Crippen molar-refractivity contribution in [1.82, 2.24) is 4.98 Å². The Balaban J connectivity index is 2.35. The SMILES string of the molecule is O=C(Nc1nc(Cl)ccc1[N+](=O)[O-])c1ccc(F)cc1Br. The Hall–Kier alpha value is -2.06. The van der Waals surface area contributed by atoms with Gasteiger partial charge in [0.15, 0.2) is 0 Å². The van der Waals surface area contributed by atoms with Crippen LogP contribution in [-0.2, 0) is 0 Å². The van der Waals surface area contributed by atoms with Gasteiger partial charge in [0.05, 0.1) is 10.5 Å². The van der Waals surface area contributed by atoms with Gasteiger partial charge in [-0.3, -0.25) is 14.9 Å². The van der Waals surface area contributed by atoms with E-state index in [2.05, 4.69) is 26.2 Å². The zero-order valence-corrected chi connectivity index (χ0v) is 12.5. The average Bonchev–Trinajstić information content (AvgIpc) is 2.37.